The van der Waals surface area contributed by atoms with Gasteiger partial charge in [0.25, 0.3) is 0 Å². The van der Waals surface area contributed by atoms with E-state index in [2.05, 4.69) is 41.3 Å². The Balaban J connectivity index is 2.09. The number of aromatic amines is 1. The fourth-order valence-electron chi connectivity index (χ4n) is 1.78. The minimum Gasteiger partial charge on any atom is -0.497 e. The van der Waals surface area contributed by atoms with Crippen LogP contribution in [0.3, 0.4) is 0 Å². The van der Waals surface area contributed by atoms with Crippen LogP contribution < -0.4 is 10.1 Å². The summed E-state index contributed by atoms with van der Waals surface area (Å²) in [6.07, 6.45) is 3.61. The van der Waals surface area contributed by atoms with Gasteiger partial charge in [-0.3, -0.25) is 0 Å². The first-order valence-corrected chi connectivity index (χ1v) is 7.70. The van der Waals surface area contributed by atoms with Gasteiger partial charge in [0.15, 0.2) is 5.16 Å². The molecule has 0 fully saturated rings. The van der Waals surface area contributed by atoms with E-state index in [0.717, 1.165) is 23.2 Å². The molecule has 0 atom stereocenters. The van der Waals surface area contributed by atoms with Crippen LogP contribution in [0, 0.1) is 5.92 Å². The molecule has 0 radical (unpaired) electrons. The van der Waals surface area contributed by atoms with Gasteiger partial charge >= 0.3 is 0 Å². The van der Waals surface area contributed by atoms with E-state index in [1.54, 1.807) is 25.1 Å². The zero-order chi connectivity index (χ0) is 14.4. The topological polar surface area (TPSA) is 49.9 Å². The summed E-state index contributed by atoms with van der Waals surface area (Å²) in [5.74, 6) is 2.35. The Morgan fingerprint density at radius 1 is 1.40 bits per heavy atom. The van der Waals surface area contributed by atoms with Gasteiger partial charge in [-0.2, -0.15) is 0 Å². The zero-order valence-corrected chi connectivity index (χ0v) is 13.0. The summed E-state index contributed by atoms with van der Waals surface area (Å²) in [5.41, 5.74) is 2.39. The van der Waals surface area contributed by atoms with Crippen LogP contribution in [0.15, 0.2) is 35.7 Å². The SMILES string of the molecule is COc1ccc(NCC(C)C)c(CSc2ncc[nH]2)c1. The number of rotatable bonds is 7. The van der Waals surface area contributed by atoms with E-state index < -0.39 is 0 Å². The summed E-state index contributed by atoms with van der Waals surface area (Å²) in [7, 11) is 1.69. The number of aromatic nitrogens is 2. The van der Waals surface area contributed by atoms with Gasteiger partial charge in [0.1, 0.15) is 5.75 Å². The second-order valence-corrected chi connectivity index (χ2v) is 5.94. The van der Waals surface area contributed by atoms with E-state index in [-0.39, 0.29) is 0 Å². The second kappa shape index (κ2) is 7.24. The van der Waals surface area contributed by atoms with E-state index >= 15 is 0 Å². The number of hydrogen-bond donors (Lipinski definition) is 2. The number of hydrogen-bond acceptors (Lipinski definition) is 4. The molecular weight excluding hydrogens is 270 g/mol. The third kappa shape index (κ3) is 4.20. The number of nitrogens with one attached hydrogen (secondary N) is 2. The van der Waals surface area contributed by atoms with Crippen LogP contribution in [0.2, 0.25) is 0 Å². The van der Waals surface area contributed by atoms with E-state index in [1.165, 1.54) is 11.3 Å². The molecule has 2 rings (SSSR count). The fraction of sp³-hybridized carbons (Fsp3) is 0.400. The maximum atomic E-state index is 5.31. The third-order valence-electron chi connectivity index (χ3n) is 2.85. The first-order chi connectivity index (χ1) is 9.69. The van der Waals surface area contributed by atoms with Gasteiger partial charge in [-0.15, -0.1) is 0 Å². The van der Waals surface area contributed by atoms with Crippen LogP contribution in [0.1, 0.15) is 19.4 Å². The average Bonchev–Trinajstić information content (AvgIpc) is 2.96. The standard InChI is InChI=1S/C15H21N3OS/c1-11(2)9-18-14-5-4-13(19-3)8-12(14)10-20-15-16-6-7-17-15/h4-8,11,18H,9-10H2,1-3H3,(H,16,17). The lowest BCUT2D eigenvalue weighted by Gasteiger charge is -2.14. The summed E-state index contributed by atoms with van der Waals surface area (Å²) in [5, 5.41) is 4.43. The Hall–Kier alpha value is -1.62. The van der Waals surface area contributed by atoms with Gasteiger partial charge in [0.2, 0.25) is 0 Å². The predicted molar refractivity (Wildman–Crippen MR) is 84.5 cm³/mol. The van der Waals surface area contributed by atoms with E-state index in [9.17, 15) is 0 Å². The summed E-state index contributed by atoms with van der Waals surface area (Å²) >= 11 is 1.69. The summed E-state index contributed by atoms with van der Waals surface area (Å²) < 4.78 is 5.31. The first kappa shape index (κ1) is 14.8. The molecule has 0 aliphatic carbocycles. The smallest absolute Gasteiger partial charge is 0.165 e. The van der Waals surface area contributed by atoms with Crippen LogP contribution >= 0.6 is 11.8 Å². The van der Waals surface area contributed by atoms with Gasteiger partial charge in [-0.25, -0.2) is 4.98 Å². The normalized spacial score (nSPS) is 10.8. The highest BCUT2D eigenvalue weighted by Crippen LogP contribution is 2.28. The molecule has 1 heterocycles. The number of nitrogens with zero attached hydrogens (tertiary/aromatic N) is 1. The van der Waals surface area contributed by atoms with Crippen LogP contribution in [0.5, 0.6) is 5.75 Å². The molecule has 0 amide bonds. The van der Waals surface area contributed by atoms with Crippen LogP contribution in [0.25, 0.3) is 0 Å². The quantitative estimate of drug-likeness (QED) is 0.762. The number of anilines is 1. The molecule has 2 aromatic rings. The maximum Gasteiger partial charge on any atom is 0.165 e. The third-order valence-corrected chi connectivity index (χ3v) is 3.80. The minimum absolute atomic E-state index is 0.614. The van der Waals surface area contributed by atoms with E-state index in [1.807, 2.05) is 12.3 Å². The number of benzene rings is 1. The van der Waals surface area contributed by atoms with Crippen molar-refractivity contribution in [2.75, 3.05) is 19.0 Å². The zero-order valence-electron chi connectivity index (χ0n) is 12.1. The van der Waals surface area contributed by atoms with Gasteiger partial charge in [-0.05, 0) is 29.7 Å². The molecule has 0 bridgehead atoms. The predicted octanol–water partition coefficient (Wildman–Crippen LogP) is 3.78. The van der Waals surface area contributed by atoms with Crippen LogP contribution in [-0.2, 0) is 5.75 Å². The molecule has 2 N–H and O–H groups in total. The Morgan fingerprint density at radius 2 is 2.25 bits per heavy atom. The lowest BCUT2D eigenvalue weighted by Crippen LogP contribution is -2.09. The molecule has 20 heavy (non-hydrogen) atoms. The molecule has 108 valence electrons. The Kier molecular flexibility index (Phi) is 5.35. The lowest BCUT2D eigenvalue weighted by molar-refractivity contribution is 0.414. The molecule has 5 heteroatoms. The summed E-state index contributed by atoms with van der Waals surface area (Å²) in [6.45, 7) is 5.37. The highest BCUT2D eigenvalue weighted by molar-refractivity contribution is 7.98. The summed E-state index contributed by atoms with van der Waals surface area (Å²) in [4.78, 5) is 7.34. The number of ether oxygens (including phenoxy) is 1. The average molecular weight is 291 g/mol. The van der Waals surface area contributed by atoms with Gasteiger partial charge < -0.3 is 15.0 Å². The van der Waals surface area contributed by atoms with Crippen LogP contribution in [-0.4, -0.2) is 23.6 Å². The molecule has 0 aliphatic rings. The Morgan fingerprint density at radius 3 is 2.90 bits per heavy atom. The van der Waals surface area contributed by atoms with Crippen molar-refractivity contribution in [2.45, 2.75) is 24.8 Å². The number of thioether (sulfide) groups is 1. The minimum atomic E-state index is 0.614. The monoisotopic (exact) mass is 291 g/mol. The highest BCUT2D eigenvalue weighted by atomic mass is 32.2. The Labute approximate surface area is 124 Å². The molecule has 0 saturated carbocycles. The largest absolute Gasteiger partial charge is 0.497 e. The highest BCUT2D eigenvalue weighted by Gasteiger charge is 2.07. The van der Waals surface area contributed by atoms with Crippen molar-refractivity contribution in [1.82, 2.24) is 9.97 Å². The van der Waals surface area contributed by atoms with Crippen molar-refractivity contribution in [1.29, 1.82) is 0 Å². The number of H-pyrrole nitrogens is 1. The van der Waals surface area contributed by atoms with Crippen molar-refractivity contribution in [3.8, 4) is 5.75 Å². The van der Waals surface area contributed by atoms with Gasteiger partial charge in [0, 0.05) is 30.4 Å². The van der Waals surface area contributed by atoms with E-state index in [4.69, 9.17) is 4.74 Å². The number of methoxy groups -OCH3 is 1. The molecule has 0 saturated heterocycles. The van der Waals surface area contributed by atoms with Crippen molar-refractivity contribution in [2.24, 2.45) is 5.92 Å². The first-order valence-electron chi connectivity index (χ1n) is 6.72. The molecule has 4 nitrogen and oxygen atoms in total. The van der Waals surface area contributed by atoms with Gasteiger partial charge in [0.05, 0.1) is 7.11 Å². The van der Waals surface area contributed by atoms with Crippen molar-refractivity contribution in [3.63, 3.8) is 0 Å². The Bertz CT molecular complexity index is 526. The van der Waals surface area contributed by atoms with Crippen molar-refractivity contribution in [3.05, 3.63) is 36.2 Å². The fourth-order valence-corrected chi connectivity index (χ4v) is 2.60. The summed E-state index contributed by atoms with van der Waals surface area (Å²) in [6, 6.07) is 6.15. The molecule has 0 aliphatic heterocycles. The molecular formula is C15H21N3OS. The maximum absolute atomic E-state index is 5.31. The lowest BCUT2D eigenvalue weighted by atomic mass is 10.1. The van der Waals surface area contributed by atoms with Crippen molar-refractivity contribution >= 4 is 17.4 Å². The van der Waals surface area contributed by atoms with Gasteiger partial charge in [-0.1, -0.05) is 25.6 Å². The molecule has 1 aromatic carbocycles. The molecule has 1 aromatic heterocycles. The second-order valence-electron chi connectivity index (χ2n) is 4.98. The van der Waals surface area contributed by atoms with E-state index in [0.29, 0.717) is 5.92 Å². The molecule has 0 spiro atoms. The molecule has 0 unspecified atom stereocenters. The number of imidazole rings is 1. The van der Waals surface area contributed by atoms with Crippen LogP contribution in [0.4, 0.5) is 5.69 Å². The van der Waals surface area contributed by atoms with Crippen molar-refractivity contribution < 1.29 is 4.74 Å².